The first-order valence-electron chi connectivity index (χ1n) is 11.3. The molecule has 0 fully saturated rings. The van der Waals surface area contributed by atoms with Crippen LogP contribution in [0.5, 0.6) is 0 Å². The van der Waals surface area contributed by atoms with Crippen LogP contribution in [0.25, 0.3) is 0 Å². The standard InChI is InChI=1S/C23H45N3/c1-3-4-5-6-7-8-9-10-11-12-13-14-15-16-17-18-19-23-25-20-21-26(23)22(2)24/h3-4,20-23,25H,5-19,24H2,1-2H3/b4-3+. The Hall–Kier alpha value is -0.960. The number of hydrogen-bond donors (Lipinski definition) is 2. The SMILES string of the molecule is C/C=C/CCCCCCCCCCCCCCCC1NC=CN1C(C)N. The highest BCUT2D eigenvalue weighted by atomic mass is 15.3. The van der Waals surface area contributed by atoms with Crippen molar-refractivity contribution in [2.45, 2.75) is 122 Å². The summed E-state index contributed by atoms with van der Waals surface area (Å²) < 4.78 is 0. The molecule has 0 aromatic carbocycles. The molecule has 1 rings (SSSR count). The van der Waals surface area contributed by atoms with Crippen LogP contribution in [0.2, 0.25) is 0 Å². The molecule has 0 aliphatic carbocycles. The highest BCUT2D eigenvalue weighted by Gasteiger charge is 2.20. The number of unbranched alkanes of at least 4 members (excludes halogenated alkanes) is 13. The first-order chi connectivity index (χ1) is 12.8. The summed E-state index contributed by atoms with van der Waals surface area (Å²) in [5.74, 6) is 0. The molecule has 26 heavy (non-hydrogen) atoms. The van der Waals surface area contributed by atoms with Crippen LogP contribution >= 0.6 is 0 Å². The first-order valence-corrected chi connectivity index (χ1v) is 11.3. The molecule has 3 nitrogen and oxygen atoms in total. The van der Waals surface area contributed by atoms with E-state index in [1.807, 2.05) is 6.20 Å². The minimum Gasteiger partial charge on any atom is -0.370 e. The van der Waals surface area contributed by atoms with Crippen molar-refractivity contribution in [1.29, 1.82) is 0 Å². The second-order valence-electron chi connectivity index (χ2n) is 7.93. The van der Waals surface area contributed by atoms with Gasteiger partial charge in [-0.2, -0.15) is 0 Å². The van der Waals surface area contributed by atoms with E-state index >= 15 is 0 Å². The van der Waals surface area contributed by atoms with Gasteiger partial charge in [0.1, 0.15) is 0 Å². The molecule has 2 atom stereocenters. The molecule has 0 amide bonds. The Morgan fingerprint density at radius 1 is 0.885 bits per heavy atom. The molecule has 0 radical (unpaired) electrons. The lowest BCUT2D eigenvalue weighted by molar-refractivity contribution is 0.208. The minimum absolute atomic E-state index is 0.101. The summed E-state index contributed by atoms with van der Waals surface area (Å²) in [6.45, 7) is 4.16. The molecule has 0 saturated carbocycles. The van der Waals surface area contributed by atoms with Crippen LogP contribution < -0.4 is 11.1 Å². The summed E-state index contributed by atoms with van der Waals surface area (Å²) >= 11 is 0. The molecule has 3 N–H and O–H groups in total. The second kappa shape index (κ2) is 16.2. The fraction of sp³-hybridized carbons (Fsp3) is 0.826. The number of nitrogens with one attached hydrogen (secondary N) is 1. The van der Waals surface area contributed by atoms with Crippen molar-refractivity contribution < 1.29 is 0 Å². The summed E-state index contributed by atoms with van der Waals surface area (Å²) in [6.07, 6.45) is 29.9. The van der Waals surface area contributed by atoms with E-state index in [1.165, 1.54) is 96.3 Å². The third-order valence-electron chi connectivity index (χ3n) is 5.45. The zero-order valence-corrected chi connectivity index (χ0v) is 17.6. The van der Waals surface area contributed by atoms with Gasteiger partial charge in [-0.25, -0.2) is 0 Å². The first kappa shape index (κ1) is 23.1. The molecule has 0 saturated heterocycles. The third kappa shape index (κ3) is 11.6. The van der Waals surface area contributed by atoms with E-state index in [9.17, 15) is 0 Å². The summed E-state index contributed by atoms with van der Waals surface area (Å²) in [5.41, 5.74) is 5.98. The van der Waals surface area contributed by atoms with Crippen LogP contribution in [0.4, 0.5) is 0 Å². The summed E-state index contributed by atoms with van der Waals surface area (Å²) in [4.78, 5) is 2.22. The predicted octanol–water partition coefficient (Wildman–Crippen LogP) is 6.42. The number of nitrogens with zero attached hydrogens (tertiary/aromatic N) is 1. The summed E-state index contributed by atoms with van der Waals surface area (Å²) in [5, 5.41) is 3.40. The van der Waals surface area contributed by atoms with E-state index in [2.05, 4.69) is 42.4 Å². The number of nitrogens with two attached hydrogens (primary N) is 1. The van der Waals surface area contributed by atoms with Crippen molar-refractivity contribution in [2.75, 3.05) is 0 Å². The van der Waals surface area contributed by atoms with Gasteiger partial charge in [-0.05, 0) is 39.5 Å². The summed E-state index contributed by atoms with van der Waals surface area (Å²) in [7, 11) is 0. The molecule has 2 unspecified atom stereocenters. The molecule has 3 heteroatoms. The van der Waals surface area contributed by atoms with Crippen molar-refractivity contribution in [1.82, 2.24) is 10.2 Å². The molecular weight excluding hydrogens is 318 g/mol. The van der Waals surface area contributed by atoms with Gasteiger partial charge >= 0.3 is 0 Å². The van der Waals surface area contributed by atoms with E-state index in [4.69, 9.17) is 5.73 Å². The van der Waals surface area contributed by atoms with Gasteiger partial charge in [0.05, 0.1) is 12.3 Å². The van der Waals surface area contributed by atoms with Crippen LogP contribution in [0.3, 0.4) is 0 Å². The van der Waals surface area contributed by atoms with Crippen molar-refractivity contribution in [2.24, 2.45) is 5.73 Å². The van der Waals surface area contributed by atoms with Crippen LogP contribution in [0, 0.1) is 0 Å². The lowest BCUT2D eigenvalue weighted by Crippen LogP contribution is -2.44. The lowest BCUT2D eigenvalue weighted by atomic mass is 10.0. The molecular formula is C23H45N3. The molecule has 152 valence electrons. The maximum absolute atomic E-state index is 5.98. The fourth-order valence-electron chi connectivity index (χ4n) is 3.79. The Kier molecular flexibility index (Phi) is 14.4. The molecule has 0 aromatic heterocycles. The van der Waals surface area contributed by atoms with Crippen molar-refractivity contribution in [3.05, 3.63) is 24.6 Å². The van der Waals surface area contributed by atoms with Crippen molar-refractivity contribution in [3.63, 3.8) is 0 Å². The van der Waals surface area contributed by atoms with E-state index in [0.717, 1.165) is 0 Å². The largest absolute Gasteiger partial charge is 0.370 e. The quantitative estimate of drug-likeness (QED) is 0.231. The van der Waals surface area contributed by atoms with Crippen molar-refractivity contribution in [3.8, 4) is 0 Å². The monoisotopic (exact) mass is 363 g/mol. The Morgan fingerprint density at radius 2 is 1.38 bits per heavy atom. The Balaban J connectivity index is 1.76. The predicted molar refractivity (Wildman–Crippen MR) is 116 cm³/mol. The minimum atomic E-state index is 0.101. The molecule has 0 aromatic rings. The number of rotatable bonds is 17. The van der Waals surface area contributed by atoms with Gasteiger partial charge in [-0.1, -0.05) is 82.8 Å². The molecule has 1 aliphatic rings. The second-order valence-corrected chi connectivity index (χ2v) is 7.93. The van der Waals surface area contributed by atoms with Crippen LogP contribution in [-0.4, -0.2) is 17.2 Å². The van der Waals surface area contributed by atoms with E-state index in [0.29, 0.717) is 6.17 Å². The van der Waals surface area contributed by atoms with E-state index in [-0.39, 0.29) is 6.17 Å². The van der Waals surface area contributed by atoms with Crippen LogP contribution in [0.15, 0.2) is 24.6 Å². The van der Waals surface area contributed by atoms with E-state index in [1.54, 1.807) is 0 Å². The van der Waals surface area contributed by atoms with Gasteiger partial charge in [0.2, 0.25) is 0 Å². The Morgan fingerprint density at radius 3 is 1.88 bits per heavy atom. The third-order valence-corrected chi connectivity index (χ3v) is 5.45. The molecule has 0 bridgehead atoms. The van der Waals surface area contributed by atoms with E-state index < -0.39 is 0 Å². The Labute approximate surface area is 163 Å². The fourth-order valence-corrected chi connectivity index (χ4v) is 3.79. The number of hydrogen-bond acceptors (Lipinski definition) is 3. The maximum Gasteiger partial charge on any atom is 0.0995 e. The van der Waals surface area contributed by atoms with Crippen LogP contribution in [-0.2, 0) is 0 Å². The zero-order valence-electron chi connectivity index (χ0n) is 17.6. The summed E-state index contributed by atoms with van der Waals surface area (Å²) in [6, 6.07) is 0. The average Bonchev–Trinajstić information content (AvgIpc) is 3.10. The lowest BCUT2D eigenvalue weighted by Gasteiger charge is -2.28. The zero-order chi connectivity index (χ0) is 18.9. The van der Waals surface area contributed by atoms with Crippen LogP contribution in [0.1, 0.15) is 110 Å². The maximum atomic E-state index is 5.98. The van der Waals surface area contributed by atoms with Gasteiger partial charge < -0.3 is 16.0 Å². The molecule has 1 heterocycles. The van der Waals surface area contributed by atoms with Gasteiger partial charge in [-0.3, -0.25) is 0 Å². The molecule has 0 spiro atoms. The highest BCUT2D eigenvalue weighted by Crippen LogP contribution is 2.16. The van der Waals surface area contributed by atoms with Gasteiger partial charge in [0.15, 0.2) is 0 Å². The smallest absolute Gasteiger partial charge is 0.0995 e. The molecule has 1 aliphatic heterocycles. The highest BCUT2D eigenvalue weighted by molar-refractivity contribution is 4.95. The van der Waals surface area contributed by atoms with Gasteiger partial charge in [0.25, 0.3) is 0 Å². The van der Waals surface area contributed by atoms with Crippen molar-refractivity contribution >= 4 is 0 Å². The Bertz CT molecular complexity index is 362. The van der Waals surface area contributed by atoms with Gasteiger partial charge in [-0.15, -0.1) is 0 Å². The topological polar surface area (TPSA) is 41.3 Å². The normalized spacial score (nSPS) is 18.0. The number of allylic oxidation sites excluding steroid dienone is 2. The average molecular weight is 364 g/mol. The van der Waals surface area contributed by atoms with Gasteiger partial charge in [0, 0.05) is 12.4 Å².